The maximum Gasteiger partial charge on any atom is 0.224 e. The molecule has 7 nitrogen and oxygen atoms in total. The van der Waals surface area contributed by atoms with Crippen LogP contribution in [0.15, 0.2) is 36.8 Å². The summed E-state index contributed by atoms with van der Waals surface area (Å²) in [7, 11) is 0. The van der Waals surface area contributed by atoms with Gasteiger partial charge in [-0.3, -0.25) is 9.78 Å². The Morgan fingerprint density at radius 3 is 2.77 bits per heavy atom. The third-order valence-corrected chi connectivity index (χ3v) is 6.98. The molecule has 0 radical (unpaired) electrons. The van der Waals surface area contributed by atoms with Crippen molar-refractivity contribution < 1.29 is 14.3 Å². The summed E-state index contributed by atoms with van der Waals surface area (Å²) < 4.78 is 11.5. The quantitative estimate of drug-likeness (QED) is 0.798. The van der Waals surface area contributed by atoms with Crippen LogP contribution in [-0.4, -0.2) is 48.7 Å². The van der Waals surface area contributed by atoms with Gasteiger partial charge in [-0.2, -0.15) is 0 Å². The SMILES string of the molecule is O=C(NCC1(c2ccc3c(c2)OCCO3)CCCC1)[C@@H]1CCCN(c2cnccn2)C1. The van der Waals surface area contributed by atoms with E-state index in [2.05, 4.69) is 32.3 Å². The lowest BCUT2D eigenvalue weighted by Crippen LogP contribution is -2.46. The molecule has 1 N–H and O–H groups in total. The molecule has 5 rings (SSSR count). The number of ether oxygens (including phenoxy) is 2. The van der Waals surface area contributed by atoms with Crippen LogP contribution in [0.5, 0.6) is 11.5 Å². The van der Waals surface area contributed by atoms with E-state index in [1.807, 2.05) is 6.07 Å². The highest BCUT2D eigenvalue weighted by Gasteiger charge is 2.37. The Kier molecular flexibility index (Phi) is 5.66. The van der Waals surface area contributed by atoms with E-state index in [1.165, 1.54) is 18.4 Å². The fourth-order valence-electron chi connectivity index (χ4n) is 5.25. The average Bonchev–Trinajstić information content (AvgIpc) is 3.33. The van der Waals surface area contributed by atoms with Crippen molar-refractivity contribution >= 4 is 11.7 Å². The normalized spacial score (nSPS) is 22.2. The second-order valence-corrected chi connectivity index (χ2v) is 8.91. The van der Waals surface area contributed by atoms with Gasteiger partial charge in [0.2, 0.25) is 5.91 Å². The van der Waals surface area contributed by atoms with Crippen molar-refractivity contribution in [1.29, 1.82) is 0 Å². The van der Waals surface area contributed by atoms with Crippen molar-refractivity contribution in [1.82, 2.24) is 15.3 Å². The molecule has 1 aromatic heterocycles. The second kappa shape index (κ2) is 8.73. The molecule has 1 amide bonds. The van der Waals surface area contributed by atoms with E-state index in [9.17, 15) is 4.79 Å². The smallest absolute Gasteiger partial charge is 0.224 e. The molecule has 2 aromatic rings. The molecule has 3 heterocycles. The monoisotopic (exact) mass is 422 g/mol. The molecule has 1 saturated carbocycles. The van der Waals surface area contributed by atoms with Crippen molar-refractivity contribution in [3.63, 3.8) is 0 Å². The summed E-state index contributed by atoms with van der Waals surface area (Å²) in [6.07, 6.45) is 11.6. The molecule has 1 saturated heterocycles. The van der Waals surface area contributed by atoms with Gasteiger partial charge in [0.25, 0.3) is 0 Å². The van der Waals surface area contributed by atoms with E-state index in [-0.39, 0.29) is 17.2 Å². The maximum atomic E-state index is 13.1. The Hall–Kier alpha value is -2.83. The predicted octanol–water partition coefficient (Wildman–Crippen LogP) is 3.09. The highest BCUT2D eigenvalue weighted by molar-refractivity contribution is 5.79. The van der Waals surface area contributed by atoms with Crippen LogP contribution in [0.2, 0.25) is 0 Å². The average molecular weight is 423 g/mol. The first kappa shape index (κ1) is 20.1. The molecular weight excluding hydrogens is 392 g/mol. The highest BCUT2D eigenvalue weighted by atomic mass is 16.6. The number of carbonyl (C=O) groups excluding carboxylic acids is 1. The molecule has 2 fully saturated rings. The fourth-order valence-corrected chi connectivity index (χ4v) is 5.25. The maximum absolute atomic E-state index is 13.1. The molecule has 1 aromatic carbocycles. The number of nitrogens with one attached hydrogen (secondary N) is 1. The summed E-state index contributed by atoms with van der Waals surface area (Å²) in [6.45, 7) is 3.48. The summed E-state index contributed by atoms with van der Waals surface area (Å²) in [5, 5.41) is 3.31. The van der Waals surface area contributed by atoms with Gasteiger partial charge in [-0.25, -0.2) is 4.98 Å². The first-order valence-electron chi connectivity index (χ1n) is 11.4. The van der Waals surface area contributed by atoms with Crippen LogP contribution in [0.1, 0.15) is 44.1 Å². The van der Waals surface area contributed by atoms with Crippen LogP contribution in [0.3, 0.4) is 0 Å². The molecule has 3 aliphatic rings. The fraction of sp³-hybridized carbons (Fsp3) is 0.542. The zero-order valence-corrected chi connectivity index (χ0v) is 17.9. The number of rotatable bonds is 5. The Morgan fingerprint density at radius 2 is 1.97 bits per heavy atom. The van der Waals surface area contributed by atoms with Gasteiger partial charge in [-0.15, -0.1) is 0 Å². The van der Waals surface area contributed by atoms with Gasteiger partial charge in [-0.1, -0.05) is 18.9 Å². The van der Waals surface area contributed by atoms with E-state index in [0.717, 1.165) is 49.5 Å². The number of hydrogen-bond acceptors (Lipinski definition) is 6. The third-order valence-electron chi connectivity index (χ3n) is 6.98. The number of benzene rings is 1. The number of amides is 1. The number of fused-ring (bicyclic) bond motifs is 1. The molecule has 164 valence electrons. The molecule has 0 unspecified atom stereocenters. The van der Waals surface area contributed by atoms with Gasteiger partial charge >= 0.3 is 0 Å². The number of anilines is 1. The minimum atomic E-state index is -0.0231. The molecule has 2 aliphatic heterocycles. The summed E-state index contributed by atoms with van der Waals surface area (Å²) in [5.74, 6) is 2.63. The van der Waals surface area contributed by atoms with Gasteiger partial charge in [0.05, 0.1) is 12.1 Å². The summed E-state index contributed by atoms with van der Waals surface area (Å²) in [6, 6.07) is 6.30. The standard InChI is InChI=1S/C24H30N4O3/c29-23(18-4-3-11-28(16-18)22-15-25-9-10-26-22)27-17-24(7-1-2-8-24)19-5-6-20-21(14-19)31-13-12-30-20/h5-6,9-10,14-15,18H,1-4,7-8,11-13,16-17H2,(H,27,29)/t18-/m1/s1. The molecule has 31 heavy (non-hydrogen) atoms. The summed E-state index contributed by atoms with van der Waals surface area (Å²) >= 11 is 0. The lowest BCUT2D eigenvalue weighted by molar-refractivity contribution is -0.125. The van der Waals surface area contributed by atoms with Crippen LogP contribution in [-0.2, 0) is 10.2 Å². The Bertz CT molecular complexity index is 914. The van der Waals surface area contributed by atoms with Crippen molar-refractivity contribution in [3.8, 4) is 11.5 Å². The number of piperidine rings is 1. The van der Waals surface area contributed by atoms with Crippen LogP contribution in [0.4, 0.5) is 5.82 Å². The van der Waals surface area contributed by atoms with Gasteiger partial charge < -0.3 is 19.7 Å². The highest BCUT2D eigenvalue weighted by Crippen LogP contribution is 2.44. The molecule has 0 bridgehead atoms. The first-order valence-corrected chi connectivity index (χ1v) is 11.4. The van der Waals surface area contributed by atoms with Crippen LogP contribution < -0.4 is 19.7 Å². The molecular formula is C24H30N4O3. The van der Waals surface area contributed by atoms with Crippen molar-refractivity contribution in [2.24, 2.45) is 5.92 Å². The third kappa shape index (κ3) is 4.18. The predicted molar refractivity (Wildman–Crippen MR) is 118 cm³/mol. The minimum Gasteiger partial charge on any atom is -0.486 e. The van der Waals surface area contributed by atoms with E-state index >= 15 is 0 Å². The van der Waals surface area contributed by atoms with Crippen molar-refractivity contribution in [2.75, 3.05) is 37.7 Å². The number of hydrogen-bond donors (Lipinski definition) is 1. The first-order chi connectivity index (χ1) is 15.2. The van der Waals surface area contributed by atoms with Gasteiger partial charge in [0.1, 0.15) is 19.0 Å². The Balaban J connectivity index is 1.26. The molecule has 1 aliphatic carbocycles. The minimum absolute atomic E-state index is 0.0190. The van der Waals surface area contributed by atoms with Crippen LogP contribution in [0, 0.1) is 5.92 Å². The number of aromatic nitrogens is 2. The molecule has 7 heteroatoms. The van der Waals surface area contributed by atoms with Crippen molar-refractivity contribution in [2.45, 2.75) is 43.9 Å². The van der Waals surface area contributed by atoms with E-state index < -0.39 is 0 Å². The topological polar surface area (TPSA) is 76.6 Å². The zero-order valence-electron chi connectivity index (χ0n) is 17.9. The van der Waals surface area contributed by atoms with Gasteiger partial charge in [0, 0.05) is 37.4 Å². The van der Waals surface area contributed by atoms with E-state index in [0.29, 0.717) is 26.3 Å². The molecule has 1 atom stereocenters. The van der Waals surface area contributed by atoms with E-state index in [4.69, 9.17) is 9.47 Å². The van der Waals surface area contributed by atoms with Gasteiger partial charge in [0.15, 0.2) is 11.5 Å². The molecule has 0 spiro atoms. The second-order valence-electron chi connectivity index (χ2n) is 8.91. The Morgan fingerprint density at radius 1 is 1.13 bits per heavy atom. The number of carbonyl (C=O) groups is 1. The largest absolute Gasteiger partial charge is 0.486 e. The van der Waals surface area contributed by atoms with Crippen molar-refractivity contribution in [3.05, 3.63) is 42.4 Å². The lowest BCUT2D eigenvalue weighted by Gasteiger charge is -2.35. The number of nitrogens with zero attached hydrogens (tertiary/aromatic N) is 3. The Labute approximate surface area is 183 Å². The summed E-state index contributed by atoms with van der Waals surface area (Å²) in [5.41, 5.74) is 1.23. The summed E-state index contributed by atoms with van der Waals surface area (Å²) in [4.78, 5) is 23.9. The van der Waals surface area contributed by atoms with Crippen LogP contribution >= 0.6 is 0 Å². The lowest BCUT2D eigenvalue weighted by atomic mass is 9.78. The zero-order chi connectivity index (χ0) is 21.1. The van der Waals surface area contributed by atoms with E-state index in [1.54, 1.807) is 18.6 Å². The van der Waals surface area contributed by atoms with Gasteiger partial charge in [-0.05, 0) is 43.4 Å². The van der Waals surface area contributed by atoms with Crippen LogP contribution in [0.25, 0.3) is 0 Å².